The lowest BCUT2D eigenvalue weighted by Crippen LogP contribution is -1.99. The van der Waals surface area contributed by atoms with E-state index in [2.05, 4.69) is 6.58 Å². The second kappa shape index (κ2) is 14.4. The molecule has 0 bridgehead atoms. The van der Waals surface area contributed by atoms with Gasteiger partial charge in [-0.2, -0.15) is 0 Å². The lowest BCUT2D eigenvalue weighted by molar-refractivity contribution is 0.548. The van der Waals surface area contributed by atoms with Crippen LogP contribution in [0.3, 0.4) is 0 Å². The zero-order valence-corrected chi connectivity index (χ0v) is 23.7. The predicted molar refractivity (Wildman–Crippen MR) is 158 cm³/mol. The fraction of sp³-hybridized carbons (Fsp3) is 0.222. The van der Waals surface area contributed by atoms with Gasteiger partial charge in [0.1, 0.15) is 34.9 Å². The summed E-state index contributed by atoms with van der Waals surface area (Å²) in [5.41, 5.74) is 0.950. The maximum absolute atomic E-state index is 15.0. The minimum Gasteiger partial charge on any atom is -0.209 e. The summed E-state index contributed by atoms with van der Waals surface area (Å²) in [5.74, 6) is -5.63. The van der Waals surface area contributed by atoms with Gasteiger partial charge in [0.2, 0.25) is 0 Å². The van der Waals surface area contributed by atoms with Crippen molar-refractivity contribution < 1.29 is 30.7 Å². The molecule has 0 N–H and O–H groups in total. The van der Waals surface area contributed by atoms with Gasteiger partial charge in [-0.05, 0) is 84.7 Å². The number of allylic oxidation sites excluding steroid dienone is 2. The van der Waals surface area contributed by atoms with E-state index in [1.54, 1.807) is 12.1 Å². The van der Waals surface area contributed by atoms with Crippen LogP contribution >= 0.6 is 0 Å². The van der Waals surface area contributed by atoms with Crippen molar-refractivity contribution in [2.45, 2.75) is 51.9 Å². The predicted octanol–water partition coefficient (Wildman–Crippen LogP) is 11.4. The average molecular weight is 597 g/mol. The van der Waals surface area contributed by atoms with Gasteiger partial charge < -0.3 is 0 Å². The van der Waals surface area contributed by atoms with Gasteiger partial charge in [0, 0.05) is 28.7 Å². The Morgan fingerprint density at radius 1 is 0.674 bits per heavy atom. The van der Waals surface area contributed by atoms with E-state index in [9.17, 15) is 30.7 Å². The molecule has 0 amide bonds. The maximum atomic E-state index is 15.0. The number of aryl methyl sites for hydroxylation is 2. The van der Waals surface area contributed by atoms with Crippen molar-refractivity contribution in [2.24, 2.45) is 0 Å². The third-order valence-electron chi connectivity index (χ3n) is 7.34. The summed E-state index contributed by atoms with van der Waals surface area (Å²) < 4.78 is 102. The number of unbranched alkanes of at least 4 members (excludes halogenated alkanes) is 1. The van der Waals surface area contributed by atoms with Crippen LogP contribution in [-0.4, -0.2) is 0 Å². The van der Waals surface area contributed by atoms with E-state index in [4.69, 9.17) is 0 Å². The van der Waals surface area contributed by atoms with E-state index in [0.29, 0.717) is 30.4 Å². The first-order valence-electron chi connectivity index (χ1n) is 14.1. The van der Waals surface area contributed by atoms with Crippen LogP contribution in [0.5, 0.6) is 0 Å². The summed E-state index contributed by atoms with van der Waals surface area (Å²) in [6.07, 6.45) is 3.69. The van der Waals surface area contributed by atoms with Gasteiger partial charge in [0.15, 0.2) is 5.83 Å². The molecular formula is C36H31F7. The molecule has 0 unspecified atom stereocenters. The first kappa shape index (κ1) is 31.8. The summed E-state index contributed by atoms with van der Waals surface area (Å²) in [7, 11) is 0. The SMILES string of the molecule is C=CCCc1c(F)cc(-c2ccc(CCc3ccc(-c4ccc(/C(F)=C(\F)CCCC)cc4F)cc3F)cc2F)cc1F. The second-order valence-corrected chi connectivity index (χ2v) is 10.4. The van der Waals surface area contributed by atoms with Crippen LogP contribution in [-0.2, 0) is 19.3 Å². The molecule has 0 radical (unpaired) electrons. The van der Waals surface area contributed by atoms with Crippen molar-refractivity contribution in [1.29, 1.82) is 0 Å². The number of hydrogen-bond acceptors (Lipinski definition) is 0. The third-order valence-corrected chi connectivity index (χ3v) is 7.34. The van der Waals surface area contributed by atoms with Gasteiger partial charge in [0.05, 0.1) is 0 Å². The molecule has 4 aromatic carbocycles. The van der Waals surface area contributed by atoms with Gasteiger partial charge in [0.25, 0.3) is 0 Å². The van der Waals surface area contributed by atoms with Gasteiger partial charge in [-0.25, -0.2) is 30.7 Å². The van der Waals surface area contributed by atoms with Crippen LogP contribution in [0.2, 0.25) is 0 Å². The minimum atomic E-state index is -1.11. The van der Waals surface area contributed by atoms with E-state index in [1.165, 1.54) is 36.4 Å². The summed E-state index contributed by atoms with van der Waals surface area (Å²) in [6.45, 7) is 5.40. The Morgan fingerprint density at radius 2 is 1.33 bits per heavy atom. The molecule has 0 spiro atoms. The van der Waals surface area contributed by atoms with Crippen molar-refractivity contribution in [3.8, 4) is 22.3 Å². The summed E-state index contributed by atoms with van der Waals surface area (Å²) in [6, 6.07) is 14.1. The van der Waals surface area contributed by atoms with Crippen LogP contribution in [0, 0.1) is 29.1 Å². The summed E-state index contributed by atoms with van der Waals surface area (Å²) in [5, 5.41) is 0. The van der Waals surface area contributed by atoms with Gasteiger partial charge in [-0.15, -0.1) is 6.58 Å². The molecule has 0 saturated carbocycles. The Balaban J connectivity index is 1.46. The van der Waals surface area contributed by atoms with Gasteiger partial charge in [-0.1, -0.05) is 55.8 Å². The molecule has 7 heteroatoms. The topological polar surface area (TPSA) is 0 Å². The molecule has 0 saturated heterocycles. The summed E-state index contributed by atoms with van der Waals surface area (Å²) >= 11 is 0. The van der Waals surface area contributed by atoms with Crippen molar-refractivity contribution in [3.63, 3.8) is 0 Å². The fourth-order valence-electron chi connectivity index (χ4n) is 4.87. The van der Waals surface area contributed by atoms with E-state index in [1.807, 2.05) is 6.92 Å². The standard InChI is InChI=1S/C36H31F7/c1-3-5-7-29-34(41)20-26(21-35(29)42)28-15-10-22(17-32(28)39)9-11-23-12-13-24(18-31(23)38)27-16-14-25(19-33(27)40)36(43)30(37)8-6-4-2/h3,10,12-21H,1,4-9,11H2,2H3/b36-30+. The molecule has 43 heavy (non-hydrogen) atoms. The lowest BCUT2D eigenvalue weighted by atomic mass is 9.96. The van der Waals surface area contributed by atoms with Crippen molar-refractivity contribution >= 4 is 5.83 Å². The molecule has 4 aromatic rings. The van der Waals surface area contributed by atoms with Crippen molar-refractivity contribution in [2.75, 3.05) is 0 Å². The molecule has 0 atom stereocenters. The molecule has 0 aliphatic carbocycles. The van der Waals surface area contributed by atoms with Gasteiger partial charge in [-0.3, -0.25) is 0 Å². The summed E-state index contributed by atoms with van der Waals surface area (Å²) in [4.78, 5) is 0. The highest BCUT2D eigenvalue weighted by molar-refractivity contribution is 5.69. The zero-order valence-electron chi connectivity index (χ0n) is 23.7. The second-order valence-electron chi connectivity index (χ2n) is 10.4. The van der Waals surface area contributed by atoms with E-state index >= 15 is 0 Å². The lowest BCUT2D eigenvalue weighted by Gasteiger charge is -2.11. The Bertz CT molecular complexity index is 1630. The molecule has 0 aliphatic rings. The van der Waals surface area contributed by atoms with Crippen molar-refractivity contribution in [3.05, 3.63) is 137 Å². The van der Waals surface area contributed by atoms with Crippen LogP contribution in [0.25, 0.3) is 28.1 Å². The molecule has 0 aromatic heterocycles. The zero-order chi connectivity index (χ0) is 31.1. The quantitative estimate of drug-likeness (QED) is 0.113. The van der Waals surface area contributed by atoms with E-state index < -0.39 is 40.7 Å². The maximum Gasteiger partial charge on any atom is 0.161 e. The average Bonchev–Trinajstić information content (AvgIpc) is 2.98. The Hall–Kier alpha value is -4.13. The van der Waals surface area contributed by atoms with Crippen LogP contribution in [0.4, 0.5) is 30.7 Å². The number of benzene rings is 4. The highest BCUT2D eigenvalue weighted by Crippen LogP contribution is 2.32. The molecule has 224 valence electrons. The third kappa shape index (κ3) is 7.64. The number of rotatable bonds is 12. The Labute approximate surface area is 247 Å². The van der Waals surface area contributed by atoms with Crippen LogP contribution in [0.15, 0.2) is 85.2 Å². The number of halogens is 7. The molecule has 0 aliphatic heterocycles. The smallest absolute Gasteiger partial charge is 0.161 e. The van der Waals surface area contributed by atoms with E-state index in [-0.39, 0.29) is 59.1 Å². The normalized spacial score (nSPS) is 11.9. The first-order valence-corrected chi connectivity index (χ1v) is 14.1. The molecule has 0 fully saturated rings. The monoisotopic (exact) mass is 596 g/mol. The van der Waals surface area contributed by atoms with Crippen LogP contribution in [0.1, 0.15) is 54.9 Å². The molecule has 0 heterocycles. The Morgan fingerprint density at radius 3 is 1.95 bits per heavy atom. The van der Waals surface area contributed by atoms with Crippen molar-refractivity contribution in [1.82, 2.24) is 0 Å². The highest BCUT2D eigenvalue weighted by Gasteiger charge is 2.16. The molecule has 4 rings (SSSR count). The highest BCUT2D eigenvalue weighted by atomic mass is 19.2. The van der Waals surface area contributed by atoms with E-state index in [0.717, 1.165) is 24.3 Å². The first-order chi connectivity index (χ1) is 20.6. The fourth-order valence-corrected chi connectivity index (χ4v) is 4.87. The van der Waals surface area contributed by atoms with Gasteiger partial charge >= 0.3 is 0 Å². The van der Waals surface area contributed by atoms with Crippen LogP contribution < -0.4 is 0 Å². The molecule has 0 nitrogen and oxygen atoms in total. The Kier molecular flexibility index (Phi) is 10.6. The largest absolute Gasteiger partial charge is 0.209 e. The molecular weight excluding hydrogens is 565 g/mol. The number of hydrogen-bond donors (Lipinski definition) is 0. The minimum absolute atomic E-state index is 0.0373.